The van der Waals surface area contributed by atoms with E-state index >= 15 is 0 Å². The number of amides is 2. The molecule has 39 heavy (non-hydrogen) atoms. The Labute approximate surface area is 227 Å². The number of rotatable bonds is 8. The molecule has 0 aliphatic heterocycles. The molecule has 1 fully saturated rings. The fraction of sp³-hybridized carbons (Fsp3) is 0.281. The van der Waals surface area contributed by atoms with Crippen molar-refractivity contribution in [3.05, 3.63) is 95.7 Å². The summed E-state index contributed by atoms with van der Waals surface area (Å²) in [6, 6.07) is 20.1. The number of aromatic nitrogens is 1. The third kappa shape index (κ3) is 5.87. The first-order chi connectivity index (χ1) is 18.9. The van der Waals surface area contributed by atoms with Gasteiger partial charge in [0.2, 0.25) is 11.8 Å². The van der Waals surface area contributed by atoms with Crippen molar-refractivity contribution in [3.8, 4) is 5.75 Å². The maximum absolute atomic E-state index is 14.2. The number of phenols is 1. The molecular formula is C32H33N3O4. The topological polar surface area (TPSA) is 103 Å². The summed E-state index contributed by atoms with van der Waals surface area (Å²) >= 11 is 0. The lowest BCUT2D eigenvalue weighted by Crippen LogP contribution is -2.47. The highest BCUT2D eigenvalue weighted by Crippen LogP contribution is 2.32. The molecule has 3 N–H and O–H groups in total. The summed E-state index contributed by atoms with van der Waals surface area (Å²) in [5, 5.41) is 14.1. The lowest BCUT2D eigenvalue weighted by molar-refractivity contribution is -0.127. The molecule has 7 heteroatoms. The number of fused-ring (bicyclic) bond motifs is 1. The van der Waals surface area contributed by atoms with Crippen molar-refractivity contribution >= 4 is 34.2 Å². The Bertz CT molecular complexity index is 1470. The third-order valence-corrected chi connectivity index (χ3v) is 7.50. The molecule has 0 saturated heterocycles. The van der Waals surface area contributed by atoms with Gasteiger partial charge in [0.15, 0.2) is 5.78 Å². The Balaban J connectivity index is 1.57. The Morgan fingerprint density at radius 2 is 1.64 bits per heavy atom. The van der Waals surface area contributed by atoms with Crippen LogP contribution in [0.15, 0.2) is 79.0 Å². The van der Waals surface area contributed by atoms with Gasteiger partial charge in [-0.1, -0.05) is 49.6 Å². The number of benzene rings is 3. The summed E-state index contributed by atoms with van der Waals surface area (Å²) in [4.78, 5) is 44.8. The lowest BCUT2D eigenvalue weighted by atomic mass is 9.94. The number of nitrogens with one attached hydrogen (secondary N) is 2. The molecule has 1 saturated carbocycles. The van der Waals surface area contributed by atoms with E-state index in [4.69, 9.17) is 0 Å². The van der Waals surface area contributed by atoms with E-state index < -0.39 is 6.04 Å². The highest BCUT2D eigenvalue weighted by atomic mass is 16.3. The number of ketones is 1. The third-order valence-electron chi connectivity index (χ3n) is 7.50. The summed E-state index contributed by atoms with van der Waals surface area (Å²) in [5.74, 6) is -0.529. The van der Waals surface area contributed by atoms with Gasteiger partial charge in [0.1, 0.15) is 11.8 Å². The van der Waals surface area contributed by atoms with E-state index in [9.17, 15) is 19.5 Å². The maximum Gasteiger partial charge on any atom is 0.248 e. The molecule has 0 bridgehead atoms. The summed E-state index contributed by atoms with van der Waals surface area (Å²) in [7, 11) is 0. The van der Waals surface area contributed by atoms with Crippen LogP contribution in [0.5, 0.6) is 5.75 Å². The van der Waals surface area contributed by atoms with Crippen molar-refractivity contribution in [2.24, 2.45) is 0 Å². The molecule has 1 aliphatic rings. The molecule has 0 unspecified atom stereocenters. The second-order valence-electron chi connectivity index (χ2n) is 10.2. The number of carbonyl (C=O) groups excluding carboxylic acids is 3. The molecular weight excluding hydrogens is 490 g/mol. The van der Waals surface area contributed by atoms with Crippen molar-refractivity contribution in [1.82, 2.24) is 10.3 Å². The first-order valence-corrected chi connectivity index (χ1v) is 13.5. The van der Waals surface area contributed by atoms with Gasteiger partial charge in [-0.25, -0.2) is 0 Å². The maximum atomic E-state index is 14.2. The highest BCUT2D eigenvalue weighted by Gasteiger charge is 2.34. The second-order valence-corrected chi connectivity index (χ2v) is 10.2. The smallest absolute Gasteiger partial charge is 0.248 e. The first-order valence-electron chi connectivity index (χ1n) is 13.5. The minimum absolute atomic E-state index is 0.0523. The molecule has 4 aromatic rings. The minimum Gasteiger partial charge on any atom is -0.508 e. The van der Waals surface area contributed by atoms with E-state index in [0.717, 1.165) is 48.6 Å². The lowest BCUT2D eigenvalue weighted by Gasteiger charge is -2.33. The molecule has 2 amide bonds. The minimum atomic E-state index is -0.964. The number of para-hydroxylation sites is 1. The van der Waals surface area contributed by atoms with Crippen LogP contribution >= 0.6 is 0 Å². The number of carbonyl (C=O) groups is 3. The van der Waals surface area contributed by atoms with Crippen LogP contribution in [0.1, 0.15) is 66.6 Å². The van der Waals surface area contributed by atoms with E-state index in [1.807, 2.05) is 30.5 Å². The summed E-state index contributed by atoms with van der Waals surface area (Å²) in [5.41, 5.74) is 3.39. The predicted molar refractivity (Wildman–Crippen MR) is 152 cm³/mol. The Morgan fingerprint density at radius 3 is 2.33 bits per heavy atom. The van der Waals surface area contributed by atoms with Gasteiger partial charge in [0.05, 0.1) is 6.42 Å². The van der Waals surface area contributed by atoms with Crippen LogP contribution in [-0.2, 0) is 16.0 Å². The standard InChI is InChI=1S/C32H33N3O4/c1-21(36)22-11-15-26(16-12-22)35(30(38)19-24-20-33-29-10-6-5-9-28(24)29)31(23-13-17-27(37)18-14-23)32(39)34-25-7-3-2-4-8-25/h5-6,9-18,20,25,31,33,37H,2-4,7-8,19H2,1H3,(H,34,39)/t31-/m0/s1. The first kappa shape index (κ1) is 26.2. The van der Waals surface area contributed by atoms with Crippen LogP contribution in [0, 0.1) is 0 Å². The molecule has 1 aliphatic carbocycles. The van der Waals surface area contributed by atoms with Gasteiger partial charge < -0.3 is 15.4 Å². The van der Waals surface area contributed by atoms with Crippen LogP contribution in [0.4, 0.5) is 5.69 Å². The zero-order valence-electron chi connectivity index (χ0n) is 22.0. The number of H-pyrrole nitrogens is 1. The monoisotopic (exact) mass is 523 g/mol. The van der Waals surface area contributed by atoms with Gasteiger partial charge in [-0.15, -0.1) is 0 Å². The van der Waals surface area contributed by atoms with E-state index in [1.165, 1.54) is 24.0 Å². The quantitative estimate of drug-likeness (QED) is 0.252. The number of anilines is 1. The Kier molecular flexibility index (Phi) is 7.77. The molecule has 1 aromatic heterocycles. The van der Waals surface area contributed by atoms with Crippen molar-refractivity contribution in [1.29, 1.82) is 0 Å². The molecule has 1 atom stereocenters. The average molecular weight is 524 g/mol. The number of aromatic amines is 1. The predicted octanol–water partition coefficient (Wildman–Crippen LogP) is 5.84. The van der Waals surface area contributed by atoms with Gasteiger partial charge in [-0.05, 0) is 73.4 Å². The zero-order valence-corrected chi connectivity index (χ0v) is 22.0. The highest BCUT2D eigenvalue weighted by molar-refractivity contribution is 6.04. The van der Waals surface area contributed by atoms with Crippen LogP contribution in [0.2, 0.25) is 0 Å². The Hall–Kier alpha value is -4.39. The normalized spacial score (nSPS) is 14.6. The van der Waals surface area contributed by atoms with Gasteiger partial charge >= 0.3 is 0 Å². The molecule has 0 radical (unpaired) electrons. The van der Waals surface area contributed by atoms with E-state index in [1.54, 1.807) is 36.4 Å². The largest absolute Gasteiger partial charge is 0.508 e. The molecule has 7 nitrogen and oxygen atoms in total. The number of aromatic hydroxyl groups is 1. The molecule has 200 valence electrons. The number of hydrogen-bond donors (Lipinski definition) is 3. The summed E-state index contributed by atoms with van der Waals surface area (Å²) < 4.78 is 0. The molecule has 5 rings (SSSR count). The van der Waals surface area contributed by atoms with Crippen molar-refractivity contribution in [2.75, 3.05) is 4.90 Å². The van der Waals surface area contributed by atoms with Crippen LogP contribution in [0.25, 0.3) is 10.9 Å². The van der Waals surface area contributed by atoms with Crippen molar-refractivity contribution < 1.29 is 19.5 Å². The molecule has 0 spiro atoms. The number of Topliss-reactive ketones (excluding diaryl/α,β-unsaturated/α-hetero) is 1. The number of phenolic OH excluding ortho intramolecular Hbond substituents is 1. The Morgan fingerprint density at radius 1 is 0.949 bits per heavy atom. The van der Waals surface area contributed by atoms with E-state index in [2.05, 4.69) is 10.3 Å². The molecule has 3 aromatic carbocycles. The van der Waals surface area contributed by atoms with Crippen LogP contribution in [0.3, 0.4) is 0 Å². The van der Waals surface area contributed by atoms with E-state index in [0.29, 0.717) is 16.8 Å². The number of hydrogen-bond acceptors (Lipinski definition) is 4. The summed E-state index contributed by atoms with van der Waals surface area (Å²) in [6.45, 7) is 1.49. The van der Waals surface area contributed by atoms with Gasteiger partial charge in [-0.2, -0.15) is 0 Å². The fourth-order valence-corrected chi connectivity index (χ4v) is 5.42. The fourth-order valence-electron chi connectivity index (χ4n) is 5.42. The zero-order chi connectivity index (χ0) is 27.4. The molecule has 1 heterocycles. The summed E-state index contributed by atoms with van der Waals surface area (Å²) in [6.07, 6.45) is 7.00. The average Bonchev–Trinajstić information content (AvgIpc) is 3.35. The SMILES string of the molecule is CC(=O)c1ccc(N(C(=O)Cc2c[nH]c3ccccc23)[C@H](C(=O)NC2CCCCC2)c2ccc(O)cc2)cc1. The van der Waals surface area contributed by atoms with Gasteiger partial charge in [0.25, 0.3) is 0 Å². The van der Waals surface area contributed by atoms with Gasteiger partial charge in [-0.3, -0.25) is 19.3 Å². The van der Waals surface area contributed by atoms with Crippen LogP contribution < -0.4 is 10.2 Å². The van der Waals surface area contributed by atoms with Crippen molar-refractivity contribution in [3.63, 3.8) is 0 Å². The van der Waals surface area contributed by atoms with Gasteiger partial charge in [0, 0.05) is 34.4 Å². The van der Waals surface area contributed by atoms with Crippen molar-refractivity contribution in [2.45, 2.75) is 57.5 Å². The van der Waals surface area contributed by atoms with Crippen LogP contribution in [-0.4, -0.2) is 33.7 Å². The second kappa shape index (κ2) is 11.6. The number of nitrogens with zero attached hydrogens (tertiary/aromatic N) is 1. The van der Waals surface area contributed by atoms with E-state index in [-0.39, 0.29) is 35.8 Å².